The van der Waals surface area contributed by atoms with Crippen molar-refractivity contribution in [2.75, 3.05) is 27.4 Å². The molecule has 4 nitrogen and oxygen atoms in total. The molecule has 16 heavy (non-hydrogen) atoms. The van der Waals surface area contributed by atoms with Gasteiger partial charge in [-0.1, -0.05) is 12.1 Å². The first kappa shape index (κ1) is 12.7. The average molecular weight is 224 g/mol. The van der Waals surface area contributed by atoms with Crippen molar-refractivity contribution < 1.29 is 19.0 Å². The Morgan fingerprint density at radius 3 is 2.75 bits per heavy atom. The maximum Gasteiger partial charge on any atom is 0.183 e. The van der Waals surface area contributed by atoms with Gasteiger partial charge in [0.15, 0.2) is 5.78 Å². The molecule has 0 bridgehead atoms. The van der Waals surface area contributed by atoms with Gasteiger partial charge in [0.1, 0.15) is 19.0 Å². The van der Waals surface area contributed by atoms with E-state index in [1.165, 1.54) is 7.11 Å². The van der Waals surface area contributed by atoms with Gasteiger partial charge < -0.3 is 14.2 Å². The molecule has 1 rings (SSSR count). The second kappa shape index (κ2) is 6.98. The number of ether oxygens (including phenoxy) is 3. The molecule has 0 aromatic heterocycles. The van der Waals surface area contributed by atoms with Crippen LogP contribution >= 0.6 is 0 Å². The Bertz CT molecular complexity index is 336. The SMILES string of the molecule is COCC(=O)COCc1cccc(OC)c1. The van der Waals surface area contributed by atoms with Crippen LogP contribution in [0.2, 0.25) is 0 Å². The first-order valence-electron chi connectivity index (χ1n) is 4.97. The minimum absolute atomic E-state index is 0.0644. The van der Waals surface area contributed by atoms with Crippen LogP contribution in [0, 0.1) is 0 Å². The van der Waals surface area contributed by atoms with E-state index < -0.39 is 0 Å². The number of Topliss-reactive ketones (excluding diaryl/α,β-unsaturated/α-hetero) is 1. The molecule has 0 saturated heterocycles. The zero-order chi connectivity index (χ0) is 11.8. The second-order valence-corrected chi connectivity index (χ2v) is 3.32. The average Bonchev–Trinajstić information content (AvgIpc) is 2.30. The minimum Gasteiger partial charge on any atom is -0.497 e. The molecule has 0 aliphatic rings. The number of hydrogen-bond donors (Lipinski definition) is 0. The van der Waals surface area contributed by atoms with Crippen LogP contribution in [-0.2, 0) is 20.9 Å². The smallest absolute Gasteiger partial charge is 0.183 e. The lowest BCUT2D eigenvalue weighted by Gasteiger charge is -2.05. The Labute approximate surface area is 95.1 Å². The summed E-state index contributed by atoms with van der Waals surface area (Å²) in [5.74, 6) is 0.717. The number of rotatable bonds is 7. The van der Waals surface area contributed by atoms with Crippen molar-refractivity contribution in [1.82, 2.24) is 0 Å². The molecule has 0 spiro atoms. The predicted molar refractivity (Wildman–Crippen MR) is 59.5 cm³/mol. The van der Waals surface area contributed by atoms with E-state index in [-0.39, 0.29) is 19.0 Å². The molecule has 0 aliphatic carbocycles. The van der Waals surface area contributed by atoms with E-state index in [0.717, 1.165) is 11.3 Å². The van der Waals surface area contributed by atoms with Crippen LogP contribution in [0.25, 0.3) is 0 Å². The normalized spacial score (nSPS) is 10.1. The highest BCUT2D eigenvalue weighted by molar-refractivity contribution is 5.80. The first-order chi connectivity index (χ1) is 7.76. The van der Waals surface area contributed by atoms with E-state index in [1.54, 1.807) is 7.11 Å². The Morgan fingerprint density at radius 1 is 1.25 bits per heavy atom. The number of hydrogen-bond acceptors (Lipinski definition) is 4. The molecule has 0 saturated carbocycles. The van der Waals surface area contributed by atoms with Crippen molar-refractivity contribution in [3.63, 3.8) is 0 Å². The zero-order valence-corrected chi connectivity index (χ0v) is 9.56. The van der Waals surface area contributed by atoms with Crippen molar-refractivity contribution in [2.45, 2.75) is 6.61 Å². The lowest BCUT2D eigenvalue weighted by Crippen LogP contribution is -2.14. The fourth-order valence-corrected chi connectivity index (χ4v) is 1.25. The molecule has 1 aromatic carbocycles. The molecule has 4 heteroatoms. The highest BCUT2D eigenvalue weighted by Crippen LogP contribution is 2.12. The quantitative estimate of drug-likeness (QED) is 0.702. The van der Waals surface area contributed by atoms with Gasteiger partial charge >= 0.3 is 0 Å². The van der Waals surface area contributed by atoms with Gasteiger partial charge in [0.25, 0.3) is 0 Å². The second-order valence-electron chi connectivity index (χ2n) is 3.32. The maximum absolute atomic E-state index is 11.1. The molecule has 0 unspecified atom stereocenters. The zero-order valence-electron chi connectivity index (χ0n) is 9.56. The Morgan fingerprint density at radius 2 is 2.06 bits per heavy atom. The largest absolute Gasteiger partial charge is 0.497 e. The Kier molecular flexibility index (Phi) is 5.53. The third kappa shape index (κ3) is 4.42. The molecule has 0 aliphatic heterocycles. The monoisotopic (exact) mass is 224 g/mol. The van der Waals surface area contributed by atoms with Gasteiger partial charge in [0, 0.05) is 7.11 Å². The van der Waals surface area contributed by atoms with Gasteiger partial charge in [-0.25, -0.2) is 0 Å². The first-order valence-corrected chi connectivity index (χ1v) is 4.97. The Balaban J connectivity index is 2.34. The van der Waals surface area contributed by atoms with E-state index in [9.17, 15) is 4.79 Å². The molecule has 0 amide bonds. The van der Waals surface area contributed by atoms with Crippen LogP contribution in [0.15, 0.2) is 24.3 Å². The number of methoxy groups -OCH3 is 2. The summed E-state index contributed by atoms with van der Waals surface area (Å²) in [6.07, 6.45) is 0. The van der Waals surface area contributed by atoms with E-state index in [2.05, 4.69) is 0 Å². The molecule has 1 aromatic rings. The van der Waals surface area contributed by atoms with Crippen molar-refractivity contribution in [1.29, 1.82) is 0 Å². The number of carbonyl (C=O) groups excluding carboxylic acids is 1. The maximum atomic E-state index is 11.1. The van der Waals surface area contributed by atoms with Crippen molar-refractivity contribution >= 4 is 5.78 Å². The topological polar surface area (TPSA) is 44.8 Å². The van der Waals surface area contributed by atoms with Crippen LogP contribution in [-0.4, -0.2) is 33.2 Å². The molecule has 0 radical (unpaired) electrons. The summed E-state index contributed by atoms with van der Waals surface area (Å²) >= 11 is 0. The standard InChI is InChI=1S/C12H16O4/c1-14-8-11(13)9-16-7-10-4-3-5-12(6-10)15-2/h3-6H,7-9H2,1-2H3. The van der Waals surface area contributed by atoms with Crippen LogP contribution in [0.3, 0.4) is 0 Å². The van der Waals surface area contributed by atoms with Crippen LogP contribution < -0.4 is 4.74 Å². The Hall–Kier alpha value is -1.39. The summed E-state index contributed by atoms with van der Waals surface area (Å²) in [4.78, 5) is 11.1. The van der Waals surface area contributed by atoms with E-state index in [1.807, 2.05) is 24.3 Å². The molecule has 0 fully saturated rings. The summed E-state index contributed by atoms with van der Waals surface area (Å²) in [5.41, 5.74) is 0.976. The predicted octanol–water partition coefficient (Wildman–Crippen LogP) is 1.43. The third-order valence-corrected chi connectivity index (χ3v) is 1.97. The van der Waals surface area contributed by atoms with Gasteiger partial charge in [-0.2, -0.15) is 0 Å². The minimum atomic E-state index is -0.0644. The molecular weight excluding hydrogens is 208 g/mol. The number of carbonyl (C=O) groups is 1. The highest BCUT2D eigenvalue weighted by atomic mass is 16.5. The molecule has 0 N–H and O–H groups in total. The molecule has 88 valence electrons. The summed E-state index contributed by atoms with van der Waals surface area (Å²) in [6, 6.07) is 7.54. The van der Waals surface area contributed by atoms with Crippen LogP contribution in [0.5, 0.6) is 5.75 Å². The lowest BCUT2D eigenvalue weighted by molar-refractivity contribution is -0.127. The summed E-state index contributed by atoms with van der Waals surface area (Å²) in [6.45, 7) is 0.565. The van der Waals surface area contributed by atoms with Crippen molar-refractivity contribution in [3.8, 4) is 5.75 Å². The lowest BCUT2D eigenvalue weighted by atomic mass is 10.2. The molecule has 0 heterocycles. The highest BCUT2D eigenvalue weighted by Gasteiger charge is 2.01. The van der Waals surface area contributed by atoms with E-state index in [4.69, 9.17) is 14.2 Å². The summed E-state index contributed by atoms with van der Waals surface area (Å²) < 4.78 is 15.0. The number of ketones is 1. The van der Waals surface area contributed by atoms with Crippen molar-refractivity contribution in [2.24, 2.45) is 0 Å². The van der Waals surface area contributed by atoms with Crippen LogP contribution in [0.4, 0.5) is 0 Å². The van der Waals surface area contributed by atoms with Gasteiger partial charge in [-0.15, -0.1) is 0 Å². The molecule has 0 atom stereocenters. The summed E-state index contributed by atoms with van der Waals surface area (Å²) in [5, 5.41) is 0. The van der Waals surface area contributed by atoms with Gasteiger partial charge in [0.2, 0.25) is 0 Å². The fraction of sp³-hybridized carbons (Fsp3) is 0.417. The van der Waals surface area contributed by atoms with E-state index >= 15 is 0 Å². The fourth-order valence-electron chi connectivity index (χ4n) is 1.25. The van der Waals surface area contributed by atoms with Gasteiger partial charge in [-0.3, -0.25) is 4.79 Å². The van der Waals surface area contributed by atoms with E-state index in [0.29, 0.717) is 6.61 Å². The summed E-state index contributed by atoms with van der Waals surface area (Å²) in [7, 11) is 3.10. The van der Waals surface area contributed by atoms with Crippen molar-refractivity contribution in [3.05, 3.63) is 29.8 Å². The van der Waals surface area contributed by atoms with Crippen LogP contribution in [0.1, 0.15) is 5.56 Å². The molecular formula is C12H16O4. The number of benzene rings is 1. The third-order valence-electron chi connectivity index (χ3n) is 1.97. The van der Waals surface area contributed by atoms with Gasteiger partial charge in [0.05, 0.1) is 13.7 Å². The van der Waals surface area contributed by atoms with Gasteiger partial charge in [-0.05, 0) is 17.7 Å².